The van der Waals surface area contributed by atoms with Crippen LogP contribution in [0.15, 0.2) is 30.3 Å². The van der Waals surface area contributed by atoms with Gasteiger partial charge in [0.25, 0.3) is 0 Å². The number of ether oxygens (including phenoxy) is 1. The summed E-state index contributed by atoms with van der Waals surface area (Å²) >= 11 is 0. The molecule has 5 fully saturated rings. The van der Waals surface area contributed by atoms with Crippen molar-refractivity contribution in [2.45, 2.75) is 90.1 Å². The number of fused-ring (bicyclic) bond motifs is 5. The molecule has 2 aliphatic carbocycles. The van der Waals surface area contributed by atoms with Crippen molar-refractivity contribution in [2.75, 3.05) is 44.2 Å². The van der Waals surface area contributed by atoms with E-state index >= 15 is 8.78 Å². The molecule has 0 spiro atoms. The van der Waals surface area contributed by atoms with Gasteiger partial charge in [-0.3, -0.25) is 0 Å². The molecule has 4 heterocycles. The normalized spacial score (nSPS) is 25.7. The first kappa shape index (κ1) is 32.4. The van der Waals surface area contributed by atoms with Crippen molar-refractivity contribution in [3.05, 3.63) is 53.1 Å². The highest BCUT2D eigenvalue weighted by atomic mass is 19.1. The van der Waals surface area contributed by atoms with E-state index in [9.17, 15) is 5.11 Å². The van der Waals surface area contributed by atoms with Crippen LogP contribution >= 0.6 is 0 Å². The number of benzene rings is 3. The van der Waals surface area contributed by atoms with Gasteiger partial charge in [0.15, 0.2) is 5.82 Å². The highest BCUT2D eigenvalue weighted by Crippen LogP contribution is 2.49. The highest BCUT2D eigenvalue weighted by Gasteiger charge is 2.48. The van der Waals surface area contributed by atoms with E-state index in [1.54, 1.807) is 18.2 Å². The summed E-state index contributed by atoms with van der Waals surface area (Å²) in [6.07, 6.45) is 9.02. The summed E-state index contributed by atoms with van der Waals surface area (Å²) in [4.78, 5) is 14.9. The lowest BCUT2D eigenvalue weighted by atomic mass is 9.86. The molecule has 3 aliphatic heterocycles. The minimum absolute atomic E-state index is 0.00965. The molecule has 9 rings (SSSR count). The molecule has 264 valence electrons. The molecule has 0 amide bonds. The van der Waals surface area contributed by atoms with Gasteiger partial charge in [-0.15, -0.1) is 0 Å². The predicted molar refractivity (Wildman–Crippen MR) is 194 cm³/mol. The van der Waals surface area contributed by atoms with E-state index < -0.39 is 5.82 Å². The van der Waals surface area contributed by atoms with Gasteiger partial charge in [-0.25, -0.2) is 8.78 Å². The first-order valence-electron chi connectivity index (χ1n) is 19.0. The number of aromatic nitrogens is 2. The molecule has 50 heavy (non-hydrogen) atoms. The Balaban J connectivity index is 1.16. The van der Waals surface area contributed by atoms with Crippen molar-refractivity contribution in [1.82, 2.24) is 20.2 Å². The Morgan fingerprint density at radius 1 is 0.980 bits per heavy atom. The number of hydrogen-bond donors (Lipinski definition) is 2. The zero-order valence-corrected chi connectivity index (χ0v) is 29.6. The standard InChI is InChI=1S/C41H49F2N5O2/c1-4-30-34(42)11-8-24-14-29(49)15-32(35(24)30)36-31(23(2)3)16-33-38(37(36)43)45-40(46-39(33)48-19-27-9-10-28(20-48)44-27)50-22-41(12-13-41)21-47-17-25-6-5-7-26(25)18-47/h8,11,14-16,23,25-28,44,49H,4-7,9-10,12-13,17-22H2,1-3H3/t25-,26+,27?,28?. The fourth-order valence-electron chi connectivity index (χ4n) is 9.94. The first-order valence-corrected chi connectivity index (χ1v) is 19.0. The topological polar surface area (TPSA) is 73.8 Å². The Labute approximate surface area is 293 Å². The van der Waals surface area contributed by atoms with E-state index in [0.29, 0.717) is 63.8 Å². The number of nitrogens with one attached hydrogen (secondary N) is 1. The van der Waals surface area contributed by atoms with Gasteiger partial charge in [0.05, 0.1) is 6.61 Å². The second-order valence-corrected chi connectivity index (χ2v) is 16.5. The molecule has 3 aromatic carbocycles. The second-order valence-electron chi connectivity index (χ2n) is 16.5. The van der Waals surface area contributed by atoms with E-state index in [1.807, 2.05) is 26.8 Å². The number of phenolic OH excluding ortho intramolecular Hbond substituents is 1. The maximum Gasteiger partial charge on any atom is 0.319 e. The molecular weight excluding hydrogens is 632 g/mol. The average molecular weight is 682 g/mol. The van der Waals surface area contributed by atoms with Gasteiger partial charge < -0.3 is 25.0 Å². The summed E-state index contributed by atoms with van der Waals surface area (Å²) in [5, 5.41) is 16.6. The summed E-state index contributed by atoms with van der Waals surface area (Å²) < 4.78 is 39.4. The van der Waals surface area contributed by atoms with E-state index in [4.69, 9.17) is 14.7 Å². The summed E-state index contributed by atoms with van der Waals surface area (Å²) in [6.45, 7) is 11.5. The number of aromatic hydroxyl groups is 1. The minimum Gasteiger partial charge on any atom is -0.508 e. The zero-order chi connectivity index (χ0) is 34.3. The maximum atomic E-state index is 17.6. The molecule has 1 aromatic heterocycles. The molecule has 2 unspecified atom stereocenters. The maximum absolute atomic E-state index is 17.6. The highest BCUT2D eigenvalue weighted by molar-refractivity contribution is 6.04. The lowest BCUT2D eigenvalue weighted by Crippen LogP contribution is -2.51. The number of nitrogens with zero attached hydrogens (tertiary/aromatic N) is 4. The third kappa shape index (κ3) is 5.59. The summed E-state index contributed by atoms with van der Waals surface area (Å²) in [5.74, 6) is 1.55. The summed E-state index contributed by atoms with van der Waals surface area (Å²) in [7, 11) is 0. The lowest BCUT2D eigenvalue weighted by molar-refractivity contribution is 0.165. The number of halogens is 2. The summed E-state index contributed by atoms with van der Waals surface area (Å²) in [5.41, 5.74) is 2.41. The Morgan fingerprint density at radius 2 is 1.72 bits per heavy atom. The molecule has 2 saturated carbocycles. The van der Waals surface area contributed by atoms with E-state index in [2.05, 4.69) is 15.1 Å². The Hall–Kier alpha value is -3.56. The van der Waals surface area contributed by atoms with Crippen LogP contribution < -0.4 is 15.0 Å². The molecule has 2 N–H and O–H groups in total. The van der Waals surface area contributed by atoms with Crippen LogP contribution in [-0.4, -0.2) is 71.4 Å². The van der Waals surface area contributed by atoms with Crippen molar-refractivity contribution in [1.29, 1.82) is 0 Å². The third-order valence-corrected chi connectivity index (χ3v) is 12.7. The van der Waals surface area contributed by atoms with Gasteiger partial charge in [-0.2, -0.15) is 9.97 Å². The number of phenols is 1. The largest absolute Gasteiger partial charge is 0.508 e. The molecule has 3 saturated heterocycles. The van der Waals surface area contributed by atoms with E-state index in [-0.39, 0.29) is 34.4 Å². The lowest BCUT2D eigenvalue weighted by Gasteiger charge is -2.34. The van der Waals surface area contributed by atoms with Gasteiger partial charge in [-0.1, -0.05) is 33.3 Å². The fraction of sp³-hybridized carbons (Fsp3) is 0.561. The second kappa shape index (κ2) is 12.3. The number of rotatable bonds is 9. The van der Waals surface area contributed by atoms with Gasteiger partial charge in [0, 0.05) is 61.2 Å². The predicted octanol–water partition coefficient (Wildman–Crippen LogP) is 7.95. The molecule has 7 nitrogen and oxygen atoms in total. The van der Waals surface area contributed by atoms with E-state index in [1.165, 1.54) is 38.4 Å². The fourth-order valence-corrected chi connectivity index (χ4v) is 9.94. The smallest absolute Gasteiger partial charge is 0.319 e. The molecule has 0 radical (unpaired) electrons. The number of anilines is 1. The number of likely N-dealkylation sites (tertiary alicyclic amines) is 1. The molecule has 9 heteroatoms. The van der Waals surface area contributed by atoms with Crippen molar-refractivity contribution in [2.24, 2.45) is 17.3 Å². The molecule has 4 atom stereocenters. The number of aryl methyl sites for hydroxylation is 1. The van der Waals surface area contributed by atoms with Crippen LogP contribution in [0.5, 0.6) is 11.8 Å². The first-order chi connectivity index (χ1) is 24.2. The molecule has 4 aromatic rings. The van der Waals surface area contributed by atoms with Crippen LogP contribution in [-0.2, 0) is 6.42 Å². The molecule has 2 bridgehead atoms. The number of hydrogen-bond acceptors (Lipinski definition) is 7. The average Bonchev–Trinajstić information content (AvgIpc) is 3.34. The van der Waals surface area contributed by atoms with Crippen molar-refractivity contribution >= 4 is 27.5 Å². The molecule has 5 aliphatic rings. The van der Waals surface area contributed by atoms with Crippen molar-refractivity contribution < 1.29 is 18.6 Å². The summed E-state index contributed by atoms with van der Waals surface area (Å²) in [6, 6.07) is 9.28. The van der Waals surface area contributed by atoms with E-state index in [0.717, 1.165) is 62.7 Å². The van der Waals surface area contributed by atoms with Crippen LogP contribution in [0.3, 0.4) is 0 Å². The van der Waals surface area contributed by atoms with Gasteiger partial charge in [0.1, 0.15) is 22.9 Å². The van der Waals surface area contributed by atoms with Crippen LogP contribution in [0.2, 0.25) is 0 Å². The zero-order valence-electron chi connectivity index (χ0n) is 29.6. The number of piperazine rings is 1. The minimum atomic E-state index is -0.485. The van der Waals surface area contributed by atoms with Crippen molar-refractivity contribution in [3.8, 4) is 22.9 Å². The SMILES string of the molecule is CCc1c(F)ccc2cc(O)cc(-c3c(C(C)C)cc4c(N5CC6CCC(C5)N6)nc(OCC5(CN6C[C@H]7CCC[C@H]7C6)CC5)nc4c3F)c12. The van der Waals surface area contributed by atoms with Crippen LogP contribution in [0, 0.1) is 28.9 Å². The monoisotopic (exact) mass is 681 g/mol. The van der Waals surface area contributed by atoms with Crippen molar-refractivity contribution in [3.63, 3.8) is 0 Å². The third-order valence-electron chi connectivity index (χ3n) is 12.7. The van der Waals surface area contributed by atoms with Crippen LogP contribution in [0.4, 0.5) is 14.6 Å². The van der Waals surface area contributed by atoms with Gasteiger partial charge >= 0.3 is 6.01 Å². The van der Waals surface area contributed by atoms with Crippen LogP contribution in [0.1, 0.15) is 82.8 Å². The van der Waals surface area contributed by atoms with Gasteiger partial charge in [0.2, 0.25) is 0 Å². The Kier molecular flexibility index (Phi) is 7.95. The van der Waals surface area contributed by atoms with Gasteiger partial charge in [-0.05, 0) is 114 Å². The Bertz CT molecular complexity index is 1950. The van der Waals surface area contributed by atoms with Crippen LogP contribution in [0.25, 0.3) is 32.8 Å². The molecular formula is C41H49F2N5O2. The Morgan fingerprint density at radius 3 is 2.40 bits per heavy atom. The quantitative estimate of drug-likeness (QED) is 0.186.